The molecule has 0 spiro atoms. The first-order chi connectivity index (χ1) is 8.63. The van der Waals surface area contributed by atoms with Crippen molar-refractivity contribution in [3.63, 3.8) is 0 Å². The van der Waals surface area contributed by atoms with Crippen LogP contribution in [0.25, 0.3) is 0 Å². The van der Waals surface area contributed by atoms with E-state index in [0.29, 0.717) is 37.5 Å². The van der Waals surface area contributed by atoms with Crippen molar-refractivity contribution in [3.05, 3.63) is 0 Å². The minimum absolute atomic E-state index is 0. The minimum Gasteiger partial charge on any atom is -0.355 e. The molecule has 2 amide bonds. The van der Waals surface area contributed by atoms with Crippen LogP contribution in [0, 0.1) is 5.92 Å². The summed E-state index contributed by atoms with van der Waals surface area (Å²) in [7, 11) is 0. The second-order valence-electron chi connectivity index (χ2n) is 5.51. The van der Waals surface area contributed by atoms with E-state index in [1.165, 1.54) is 19.8 Å². The molecule has 5 nitrogen and oxygen atoms in total. The van der Waals surface area contributed by atoms with Crippen molar-refractivity contribution in [1.29, 1.82) is 0 Å². The van der Waals surface area contributed by atoms with Crippen molar-refractivity contribution in [2.75, 3.05) is 13.1 Å². The summed E-state index contributed by atoms with van der Waals surface area (Å²) in [6.45, 7) is 2.52. The molecule has 2 aliphatic heterocycles. The summed E-state index contributed by atoms with van der Waals surface area (Å²) in [6.07, 6.45) is 5.44. The summed E-state index contributed by atoms with van der Waals surface area (Å²) < 4.78 is 0. The second kappa shape index (κ2) is 7.70. The summed E-state index contributed by atoms with van der Waals surface area (Å²) >= 11 is 0. The molecule has 6 heteroatoms. The van der Waals surface area contributed by atoms with Crippen LogP contribution in [0.1, 0.15) is 39.0 Å². The van der Waals surface area contributed by atoms with Gasteiger partial charge in [0.25, 0.3) is 0 Å². The first kappa shape index (κ1) is 16.2. The van der Waals surface area contributed by atoms with Gasteiger partial charge in [0.05, 0.1) is 0 Å². The summed E-state index contributed by atoms with van der Waals surface area (Å²) in [4.78, 5) is 22.4. The van der Waals surface area contributed by atoms with Crippen LogP contribution in [0.15, 0.2) is 0 Å². The molecule has 0 aromatic heterocycles. The molecule has 0 aromatic carbocycles. The van der Waals surface area contributed by atoms with E-state index >= 15 is 0 Å². The molecule has 19 heavy (non-hydrogen) atoms. The van der Waals surface area contributed by atoms with E-state index in [4.69, 9.17) is 0 Å². The van der Waals surface area contributed by atoms with Crippen molar-refractivity contribution >= 4 is 24.2 Å². The predicted octanol–water partition coefficient (Wildman–Crippen LogP) is 0.581. The fourth-order valence-electron chi connectivity index (χ4n) is 3.12. The number of carbonyl (C=O) groups is 2. The summed E-state index contributed by atoms with van der Waals surface area (Å²) in [6, 6.07) is 1.28. The topological polar surface area (TPSA) is 70.2 Å². The molecule has 2 rings (SSSR count). The lowest BCUT2D eigenvalue weighted by atomic mass is 9.89. The van der Waals surface area contributed by atoms with Gasteiger partial charge < -0.3 is 16.0 Å². The van der Waals surface area contributed by atoms with Gasteiger partial charge >= 0.3 is 0 Å². The Hall–Kier alpha value is -0.810. The first-order valence-corrected chi connectivity index (χ1v) is 6.90. The Labute approximate surface area is 120 Å². The number of piperidine rings is 1. The van der Waals surface area contributed by atoms with Crippen LogP contribution >= 0.6 is 12.4 Å². The molecule has 0 radical (unpaired) electrons. The lowest BCUT2D eigenvalue weighted by molar-refractivity contribution is -0.123. The maximum Gasteiger partial charge on any atom is 0.220 e. The van der Waals surface area contributed by atoms with Gasteiger partial charge in [-0.25, -0.2) is 0 Å². The van der Waals surface area contributed by atoms with Gasteiger partial charge in [-0.2, -0.15) is 0 Å². The Morgan fingerprint density at radius 1 is 1.11 bits per heavy atom. The van der Waals surface area contributed by atoms with E-state index < -0.39 is 0 Å². The second-order valence-corrected chi connectivity index (χ2v) is 5.51. The standard InChI is InChI=1S/C13H23N3O2.ClH/c1-9(17)14-4-5-15-13(18)8-10-6-11-2-3-12(7-10)16-11;/h10-12,16H,2-8H2,1H3,(H,14,17)(H,15,18);1H. The summed E-state index contributed by atoms with van der Waals surface area (Å²) in [5.74, 6) is 0.593. The van der Waals surface area contributed by atoms with E-state index in [2.05, 4.69) is 16.0 Å². The van der Waals surface area contributed by atoms with Gasteiger partial charge in [-0.15, -0.1) is 12.4 Å². The Morgan fingerprint density at radius 3 is 2.26 bits per heavy atom. The normalized spacial score (nSPS) is 28.4. The number of rotatable bonds is 5. The Balaban J connectivity index is 0.00000180. The highest BCUT2D eigenvalue weighted by Gasteiger charge is 2.33. The molecule has 2 aliphatic rings. The summed E-state index contributed by atoms with van der Waals surface area (Å²) in [5, 5.41) is 9.11. The molecule has 0 aliphatic carbocycles. The fourth-order valence-corrected chi connectivity index (χ4v) is 3.12. The number of amides is 2. The quantitative estimate of drug-likeness (QED) is 0.649. The zero-order valence-electron chi connectivity index (χ0n) is 11.4. The molecule has 2 saturated heterocycles. The molecule has 2 atom stereocenters. The number of halogens is 1. The van der Waals surface area contributed by atoms with Crippen molar-refractivity contribution in [2.45, 2.75) is 51.1 Å². The zero-order chi connectivity index (χ0) is 13.0. The number of hydrogen-bond donors (Lipinski definition) is 3. The van der Waals surface area contributed by atoms with Gasteiger partial charge in [0.2, 0.25) is 11.8 Å². The van der Waals surface area contributed by atoms with E-state index in [1.807, 2.05) is 0 Å². The molecule has 3 N–H and O–H groups in total. The smallest absolute Gasteiger partial charge is 0.220 e. The molecule has 0 saturated carbocycles. The van der Waals surface area contributed by atoms with Crippen LogP contribution in [0.4, 0.5) is 0 Å². The average Bonchev–Trinajstić information content (AvgIpc) is 2.64. The van der Waals surface area contributed by atoms with Crippen molar-refractivity contribution < 1.29 is 9.59 Å². The Kier molecular flexibility index (Phi) is 6.58. The highest BCUT2D eigenvalue weighted by atomic mass is 35.5. The van der Waals surface area contributed by atoms with Gasteiger partial charge in [0.15, 0.2) is 0 Å². The molecule has 2 bridgehead atoms. The lowest BCUT2D eigenvalue weighted by Gasteiger charge is -2.28. The van der Waals surface area contributed by atoms with Crippen molar-refractivity contribution in [2.24, 2.45) is 5.92 Å². The molecular formula is C13H24ClN3O2. The van der Waals surface area contributed by atoms with Crippen LogP contribution in [-0.2, 0) is 9.59 Å². The number of fused-ring (bicyclic) bond motifs is 2. The Morgan fingerprint density at radius 2 is 1.68 bits per heavy atom. The zero-order valence-corrected chi connectivity index (χ0v) is 12.2. The monoisotopic (exact) mass is 289 g/mol. The van der Waals surface area contributed by atoms with E-state index in [9.17, 15) is 9.59 Å². The number of hydrogen-bond acceptors (Lipinski definition) is 3. The van der Waals surface area contributed by atoms with Gasteiger partial charge in [-0.3, -0.25) is 9.59 Å². The lowest BCUT2D eigenvalue weighted by Crippen LogP contribution is -2.40. The van der Waals surface area contributed by atoms with Crippen LogP contribution < -0.4 is 16.0 Å². The van der Waals surface area contributed by atoms with E-state index in [1.54, 1.807) is 0 Å². The average molecular weight is 290 g/mol. The van der Waals surface area contributed by atoms with Crippen molar-refractivity contribution in [3.8, 4) is 0 Å². The number of nitrogens with one attached hydrogen (secondary N) is 3. The number of carbonyl (C=O) groups excluding carboxylic acids is 2. The maximum atomic E-state index is 11.7. The summed E-state index contributed by atoms with van der Waals surface area (Å²) in [5.41, 5.74) is 0. The highest BCUT2D eigenvalue weighted by molar-refractivity contribution is 5.85. The SMILES string of the molecule is CC(=O)NCCNC(=O)CC1CC2CCC(C1)N2.Cl. The van der Waals surface area contributed by atoms with Crippen LogP contribution in [-0.4, -0.2) is 37.0 Å². The van der Waals surface area contributed by atoms with Gasteiger partial charge in [0, 0.05) is 38.5 Å². The van der Waals surface area contributed by atoms with Crippen LogP contribution in [0.2, 0.25) is 0 Å². The van der Waals surface area contributed by atoms with Gasteiger partial charge in [-0.05, 0) is 31.6 Å². The minimum atomic E-state index is -0.0563. The fraction of sp³-hybridized carbons (Fsp3) is 0.846. The van der Waals surface area contributed by atoms with Crippen molar-refractivity contribution in [1.82, 2.24) is 16.0 Å². The largest absolute Gasteiger partial charge is 0.355 e. The molecule has 0 aromatic rings. The first-order valence-electron chi connectivity index (χ1n) is 6.90. The third-order valence-electron chi connectivity index (χ3n) is 3.87. The highest BCUT2D eigenvalue weighted by Crippen LogP contribution is 2.32. The van der Waals surface area contributed by atoms with Crippen LogP contribution in [0.5, 0.6) is 0 Å². The van der Waals surface area contributed by atoms with Gasteiger partial charge in [0.1, 0.15) is 0 Å². The molecule has 2 unspecified atom stereocenters. The third kappa shape index (κ3) is 5.37. The third-order valence-corrected chi connectivity index (χ3v) is 3.87. The predicted molar refractivity (Wildman–Crippen MR) is 76.2 cm³/mol. The molecular weight excluding hydrogens is 266 g/mol. The molecule has 110 valence electrons. The van der Waals surface area contributed by atoms with Crippen LogP contribution in [0.3, 0.4) is 0 Å². The Bertz CT molecular complexity index is 313. The molecule has 2 fully saturated rings. The molecule has 2 heterocycles. The van der Waals surface area contributed by atoms with Gasteiger partial charge in [-0.1, -0.05) is 0 Å². The van der Waals surface area contributed by atoms with E-state index in [0.717, 1.165) is 12.8 Å². The maximum absolute atomic E-state index is 11.7. The van der Waals surface area contributed by atoms with E-state index in [-0.39, 0.29) is 24.2 Å².